The molecule has 0 fully saturated rings. The lowest BCUT2D eigenvalue weighted by molar-refractivity contribution is -0.137. The molecule has 0 spiro atoms. The Labute approximate surface area is 77.3 Å². The van der Waals surface area contributed by atoms with Gasteiger partial charge in [0, 0.05) is 12.8 Å². The van der Waals surface area contributed by atoms with E-state index in [1.165, 1.54) is 0 Å². The summed E-state index contributed by atoms with van der Waals surface area (Å²) >= 11 is 3.08. The Morgan fingerprint density at radius 2 is 2.42 bits per heavy atom. The molecule has 2 N–H and O–H groups in total. The molecule has 0 amide bonds. The summed E-state index contributed by atoms with van der Waals surface area (Å²) < 4.78 is 0.507. The first-order chi connectivity index (χ1) is 5.68. The van der Waals surface area contributed by atoms with Crippen molar-refractivity contribution in [1.29, 1.82) is 0 Å². The van der Waals surface area contributed by atoms with Crippen molar-refractivity contribution in [1.82, 2.24) is 15.2 Å². The Hall–Kier alpha value is -0.910. The molecule has 1 aromatic heterocycles. The molecule has 0 bridgehead atoms. The van der Waals surface area contributed by atoms with Gasteiger partial charge in [0.25, 0.3) is 0 Å². The highest BCUT2D eigenvalue weighted by molar-refractivity contribution is 9.10. The lowest BCUT2D eigenvalue weighted by Crippen LogP contribution is -1.96. The number of hydrogen-bond acceptors (Lipinski definition) is 3. The second-order valence-electron chi connectivity index (χ2n) is 2.30. The van der Waals surface area contributed by atoms with Gasteiger partial charge in [-0.1, -0.05) is 0 Å². The van der Waals surface area contributed by atoms with Gasteiger partial charge in [0.05, 0.1) is 0 Å². The van der Waals surface area contributed by atoms with Crippen molar-refractivity contribution in [2.75, 3.05) is 0 Å². The average Bonchev–Trinajstić information content (AvgIpc) is 2.35. The van der Waals surface area contributed by atoms with Crippen molar-refractivity contribution < 1.29 is 9.90 Å². The quantitative estimate of drug-likeness (QED) is 0.813. The summed E-state index contributed by atoms with van der Waals surface area (Å²) in [5, 5.41) is 14.8. The Morgan fingerprint density at radius 3 is 2.92 bits per heavy atom. The van der Waals surface area contributed by atoms with Crippen LogP contribution in [0, 0.1) is 0 Å². The van der Waals surface area contributed by atoms with Gasteiger partial charge in [-0.25, -0.2) is 4.98 Å². The number of nitrogens with zero attached hydrogens (tertiary/aromatic N) is 2. The molecule has 12 heavy (non-hydrogen) atoms. The molecule has 0 saturated carbocycles. The fraction of sp³-hybridized carbons (Fsp3) is 0.500. The summed E-state index contributed by atoms with van der Waals surface area (Å²) in [6.45, 7) is 0. The minimum atomic E-state index is -0.784. The molecule has 0 atom stereocenters. The molecule has 0 aromatic carbocycles. The van der Waals surface area contributed by atoms with Gasteiger partial charge in [-0.3, -0.25) is 9.89 Å². The van der Waals surface area contributed by atoms with Crippen LogP contribution in [0.25, 0.3) is 0 Å². The molecule has 1 aromatic rings. The van der Waals surface area contributed by atoms with E-state index in [0.29, 0.717) is 23.4 Å². The van der Waals surface area contributed by atoms with Gasteiger partial charge in [0.15, 0.2) is 0 Å². The number of rotatable bonds is 4. The van der Waals surface area contributed by atoms with E-state index in [1.54, 1.807) is 0 Å². The minimum Gasteiger partial charge on any atom is -0.481 e. The van der Waals surface area contributed by atoms with Crippen molar-refractivity contribution in [3.63, 3.8) is 0 Å². The highest BCUT2D eigenvalue weighted by Crippen LogP contribution is 2.03. The summed E-state index contributed by atoms with van der Waals surface area (Å²) in [5.74, 6) is -0.0725. The van der Waals surface area contributed by atoms with Gasteiger partial charge in [-0.2, -0.15) is 0 Å². The van der Waals surface area contributed by atoms with E-state index in [1.807, 2.05) is 0 Å². The van der Waals surface area contributed by atoms with E-state index >= 15 is 0 Å². The molecule has 1 heterocycles. The molecule has 1 rings (SSSR count). The van der Waals surface area contributed by atoms with Gasteiger partial charge >= 0.3 is 5.97 Å². The van der Waals surface area contributed by atoms with E-state index in [-0.39, 0.29) is 6.42 Å². The number of carboxylic acid groups (broad SMARTS) is 1. The monoisotopic (exact) mass is 233 g/mol. The lowest BCUT2D eigenvalue weighted by Gasteiger charge is -1.91. The number of carboxylic acids is 1. The lowest BCUT2D eigenvalue weighted by atomic mass is 10.2. The Kier molecular flexibility index (Phi) is 3.21. The predicted octanol–water partition coefficient (Wildman–Crippen LogP) is 0.974. The molecule has 5 nitrogen and oxygen atoms in total. The zero-order chi connectivity index (χ0) is 8.97. The van der Waals surface area contributed by atoms with E-state index in [2.05, 4.69) is 31.1 Å². The largest absolute Gasteiger partial charge is 0.481 e. The molecule has 0 radical (unpaired) electrons. The smallest absolute Gasteiger partial charge is 0.303 e. The molecule has 6 heteroatoms. The maximum absolute atomic E-state index is 10.1. The third-order valence-electron chi connectivity index (χ3n) is 1.31. The zero-order valence-electron chi connectivity index (χ0n) is 6.25. The van der Waals surface area contributed by atoms with Crippen LogP contribution in [0.1, 0.15) is 18.7 Å². The Morgan fingerprint density at radius 1 is 1.67 bits per heavy atom. The van der Waals surface area contributed by atoms with Crippen LogP contribution in [0.5, 0.6) is 0 Å². The minimum absolute atomic E-state index is 0.165. The second-order valence-corrected chi connectivity index (χ2v) is 3.01. The number of aromatic nitrogens is 3. The second kappa shape index (κ2) is 4.20. The van der Waals surface area contributed by atoms with Crippen LogP contribution in [-0.4, -0.2) is 26.3 Å². The van der Waals surface area contributed by atoms with Crippen LogP contribution in [0.15, 0.2) is 4.73 Å². The number of halogens is 1. The summed E-state index contributed by atoms with van der Waals surface area (Å²) in [5.41, 5.74) is 0. The Bertz CT molecular complexity index is 274. The van der Waals surface area contributed by atoms with Crippen molar-refractivity contribution in [2.24, 2.45) is 0 Å². The molecule has 0 unspecified atom stereocenters. The average molecular weight is 234 g/mol. The van der Waals surface area contributed by atoms with Gasteiger partial charge in [-0.05, 0) is 22.4 Å². The number of H-pyrrole nitrogens is 1. The van der Waals surface area contributed by atoms with Gasteiger partial charge in [0.1, 0.15) is 5.82 Å². The van der Waals surface area contributed by atoms with Crippen LogP contribution >= 0.6 is 15.9 Å². The maximum Gasteiger partial charge on any atom is 0.303 e. The van der Waals surface area contributed by atoms with Crippen LogP contribution in [0.4, 0.5) is 0 Å². The van der Waals surface area contributed by atoms with Gasteiger partial charge in [-0.15, -0.1) is 5.10 Å². The van der Waals surface area contributed by atoms with Crippen LogP contribution < -0.4 is 0 Å². The van der Waals surface area contributed by atoms with Crippen LogP contribution in [0.3, 0.4) is 0 Å². The van der Waals surface area contributed by atoms with Crippen LogP contribution in [0.2, 0.25) is 0 Å². The number of aromatic amines is 1. The predicted molar refractivity (Wildman–Crippen MR) is 44.7 cm³/mol. The fourth-order valence-corrected chi connectivity index (χ4v) is 1.09. The van der Waals surface area contributed by atoms with Crippen molar-refractivity contribution in [3.05, 3.63) is 10.6 Å². The number of carbonyl (C=O) groups is 1. The summed E-state index contributed by atoms with van der Waals surface area (Å²) in [7, 11) is 0. The molecule has 0 aliphatic carbocycles. The van der Waals surface area contributed by atoms with E-state index in [9.17, 15) is 4.79 Å². The first-order valence-electron chi connectivity index (χ1n) is 3.47. The van der Waals surface area contributed by atoms with Crippen molar-refractivity contribution in [3.8, 4) is 0 Å². The number of hydrogen-bond donors (Lipinski definition) is 2. The van der Waals surface area contributed by atoms with Crippen molar-refractivity contribution >= 4 is 21.9 Å². The highest BCUT2D eigenvalue weighted by Gasteiger charge is 2.01. The molecular weight excluding hydrogens is 226 g/mol. The van der Waals surface area contributed by atoms with Gasteiger partial charge < -0.3 is 5.11 Å². The summed E-state index contributed by atoms with van der Waals surface area (Å²) in [6.07, 6.45) is 1.36. The normalized spacial score (nSPS) is 10.1. The van der Waals surface area contributed by atoms with E-state index in [4.69, 9.17) is 5.11 Å². The summed E-state index contributed by atoms with van der Waals surface area (Å²) in [4.78, 5) is 14.1. The standard InChI is InChI=1S/C6H8BrN3O2/c7-6-8-4(9-10-6)2-1-3-5(11)12/h1-3H2,(H,11,12)(H,8,9,10). The molecular formula is C6H8BrN3O2. The SMILES string of the molecule is O=C(O)CCCc1nc(Br)n[nH]1. The highest BCUT2D eigenvalue weighted by atomic mass is 79.9. The molecule has 0 aliphatic rings. The molecule has 0 aliphatic heterocycles. The Balaban J connectivity index is 2.29. The summed E-state index contributed by atoms with van der Waals surface area (Å²) in [6, 6.07) is 0. The van der Waals surface area contributed by atoms with Crippen LogP contribution in [-0.2, 0) is 11.2 Å². The molecule has 0 saturated heterocycles. The van der Waals surface area contributed by atoms with E-state index < -0.39 is 5.97 Å². The first kappa shape index (κ1) is 9.18. The fourth-order valence-electron chi connectivity index (χ4n) is 0.791. The third kappa shape index (κ3) is 3.00. The maximum atomic E-state index is 10.1. The van der Waals surface area contributed by atoms with Gasteiger partial charge in [0.2, 0.25) is 4.73 Å². The number of aliphatic carboxylic acids is 1. The number of aryl methyl sites for hydroxylation is 1. The number of nitrogens with one attached hydrogen (secondary N) is 1. The molecule has 66 valence electrons. The zero-order valence-corrected chi connectivity index (χ0v) is 7.84. The topological polar surface area (TPSA) is 78.9 Å². The third-order valence-corrected chi connectivity index (χ3v) is 1.66. The van der Waals surface area contributed by atoms with E-state index in [0.717, 1.165) is 0 Å². The van der Waals surface area contributed by atoms with Crippen molar-refractivity contribution in [2.45, 2.75) is 19.3 Å². The first-order valence-corrected chi connectivity index (χ1v) is 4.26.